The Balaban J connectivity index is 2.62. The van der Waals surface area contributed by atoms with Crippen molar-refractivity contribution in [3.63, 3.8) is 0 Å². The van der Waals surface area contributed by atoms with E-state index in [9.17, 15) is 0 Å². The molecule has 1 rings (SSSR count). The van der Waals surface area contributed by atoms with Crippen molar-refractivity contribution in [1.82, 2.24) is 5.16 Å². The van der Waals surface area contributed by atoms with E-state index in [0.29, 0.717) is 17.7 Å². The predicted molar refractivity (Wildman–Crippen MR) is 62.6 cm³/mol. The van der Waals surface area contributed by atoms with Gasteiger partial charge in [-0.2, -0.15) is 0 Å². The highest BCUT2D eigenvalue weighted by atomic mass is 16.5. The molecule has 3 heteroatoms. The van der Waals surface area contributed by atoms with Crippen LogP contribution in [0.4, 0.5) is 5.88 Å². The Kier molecular flexibility index (Phi) is 4.66. The second-order valence-electron chi connectivity index (χ2n) is 4.29. The van der Waals surface area contributed by atoms with Gasteiger partial charge in [-0.15, -0.1) is 0 Å². The van der Waals surface area contributed by atoms with Crippen molar-refractivity contribution >= 4 is 5.88 Å². The van der Waals surface area contributed by atoms with Crippen LogP contribution in [0.3, 0.4) is 0 Å². The van der Waals surface area contributed by atoms with E-state index in [4.69, 9.17) is 10.3 Å². The van der Waals surface area contributed by atoms with Gasteiger partial charge in [0.1, 0.15) is 0 Å². The zero-order chi connectivity index (χ0) is 11.3. The van der Waals surface area contributed by atoms with Crippen LogP contribution in [0, 0.1) is 5.92 Å². The fraction of sp³-hybridized carbons (Fsp3) is 0.750. The molecule has 0 amide bonds. The molecular weight excluding hydrogens is 188 g/mol. The van der Waals surface area contributed by atoms with Gasteiger partial charge in [-0.05, 0) is 12.3 Å². The van der Waals surface area contributed by atoms with E-state index in [-0.39, 0.29) is 0 Å². The van der Waals surface area contributed by atoms with Crippen LogP contribution in [0.2, 0.25) is 0 Å². The highest BCUT2D eigenvalue weighted by Gasteiger charge is 2.20. The molecule has 0 radical (unpaired) electrons. The summed E-state index contributed by atoms with van der Waals surface area (Å²) in [5.41, 5.74) is 6.55. The molecule has 0 aromatic carbocycles. The lowest BCUT2D eigenvalue weighted by atomic mass is 9.85. The normalized spacial score (nSPS) is 15.1. The standard InChI is InChI=1S/C12H22N2O/c1-4-6-7-9(3)10(5-2)11-8-12(13)15-14-11/h8-10H,4-7,13H2,1-3H3/t9?,10-/m1/s1. The fourth-order valence-corrected chi connectivity index (χ4v) is 2.11. The summed E-state index contributed by atoms with van der Waals surface area (Å²) in [5.74, 6) is 1.56. The third-order valence-electron chi connectivity index (χ3n) is 3.07. The first kappa shape index (κ1) is 12.1. The van der Waals surface area contributed by atoms with Gasteiger partial charge in [0.05, 0.1) is 5.69 Å². The summed E-state index contributed by atoms with van der Waals surface area (Å²) in [7, 11) is 0. The number of nitrogen functional groups attached to an aromatic ring is 1. The fourth-order valence-electron chi connectivity index (χ4n) is 2.11. The number of nitrogens with zero attached hydrogens (tertiary/aromatic N) is 1. The van der Waals surface area contributed by atoms with Crippen molar-refractivity contribution in [2.75, 3.05) is 5.73 Å². The van der Waals surface area contributed by atoms with Gasteiger partial charge < -0.3 is 10.3 Å². The molecule has 1 aromatic rings. The molecule has 0 spiro atoms. The van der Waals surface area contributed by atoms with Gasteiger partial charge in [0.2, 0.25) is 5.88 Å². The van der Waals surface area contributed by atoms with Gasteiger partial charge in [-0.3, -0.25) is 0 Å². The van der Waals surface area contributed by atoms with Crippen LogP contribution in [-0.2, 0) is 0 Å². The minimum atomic E-state index is 0.422. The number of rotatable bonds is 6. The highest BCUT2D eigenvalue weighted by Crippen LogP contribution is 2.31. The molecule has 0 bridgehead atoms. The van der Waals surface area contributed by atoms with Gasteiger partial charge in [0.25, 0.3) is 0 Å². The minimum absolute atomic E-state index is 0.422. The van der Waals surface area contributed by atoms with Crippen LogP contribution < -0.4 is 5.73 Å². The third-order valence-corrected chi connectivity index (χ3v) is 3.07. The smallest absolute Gasteiger partial charge is 0.222 e. The van der Waals surface area contributed by atoms with Gasteiger partial charge in [0.15, 0.2) is 0 Å². The van der Waals surface area contributed by atoms with Gasteiger partial charge in [-0.25, -0.2) is 0 Å². The van der Waals surface area contributed by atoms with Crippen LogP contribution >= 0.6 is 0 Å². The average Bonchev–Trinajstić information content (AvgIpc) is 2.63. The molecule has 0 aliphatic rings. The maximum atomic E-state index is 5.54. The quantitative estimate of drug-likeness (QED) is 0.780. The molecular formula is C12H22N2O. The van der Waals surface area contributed by atoms with Crippen molar-refractivity contribution in [3.8, 4) is 0 Å². The number of nitrogens with two attached hydrogens (primary N) is 1. The van der Waals surface area contributed by atoms with Crippen LogP contribution in [0.1, 0.15) is 58.1 Å². The second kappa shape index (κ2) is 5.79. The molecule has 0 saturated carbocycles. The molecule has 1 heterocycles. The number of hydrogen-bond acceptors (Lipinski definition) is 3. The average molecular weight is 210 g/mol. The van der Waals surface area contributed by atoms with E-state index >= 15 is 0 Å². The lowest BCUT2D eigenvalue weighted by Gasteiger charge is -2.19. The first-order chi connectivity index (χ1) is 7.19. The van der Waals surface area contributed by atoms with E-state index in [0.717, 1.165) is 12.1 Å². The van der Waals surface area contributed by atoms with Crippen LogP contribution in [0.25, 0.3) is 0 Å². The van der Waals surface area contributed by atoms with Crippen molar-refractivity contribution in [2.45, 2.75) is 52.4 Å². The molecule has 2 N–H and O–H groups in total. The molecule has 0 saturated heterocycles. The molecule has 0 aliphatic heterocycles. The summed E-state index contributed by atoms with van der Waals surface area (Å²) in [5, 5.41) is 4.02. The summed E-state index contributed by atoms with van der Waals surface area (Å²) in [4.78, 5) is 0. The summed E-state index contributed by atoms with van der Waals surface area (Å²) in [6.45, 7) is 6.70. The molecule has 3 nitrogen and oxygen atoms in total. The van der Waals surface area contributed by atoms with Crippen LogP contribution in [0.15, 0.2) is 10.6 Å². The Morgan fingerprint density at radius 1 is 1.47 bits per heavy atom. The van der Waals surface area contributed by atoms with Crippen molar-refractivity contribution < 1.29 is 4.52 Å². The molecule has 2 atom stereocenters. The number of hydrogen-bond donors (Lipinski definition) is 1. The van der Waals surface area contributed by atoms with Gasteiger partial charge in [0, 0.05) is 12.0 Å². The molecule has 86 valence electrons. The van der Waals surface area contributed by atoms with Crippen LogP contribution in [-0.4, -0.2) is 5.16 Å². The van der Waals surface area contributed by atoms with Gasteiger partial charge in [-0.1, -0.05) is 45.2 Å². The van der Waals surface area contributed by atoms with E-state index < -0.39 is 0 Å². The first-order valence-electron chi connectivity index (χ1n) is 5.91. The topological polar surface area (TPSA) is 52.0 Å². The zero-order valence-electron chi connectivity index (χ0n) is 9.99. The van der Waals surface area contributed by atoms with Crippen LogP contribution in [0.5, 0.6) is 0 Å². The second-order valence-corrected chi connectivity index (χ2v) is 4.29. The molecule has 1 aromatic heterocycles. The Labute approximate surface area is 92.0 Å². The summed E-state index contributed by atoms with van der Waals surface area (Å²) in [6, 6.07) is 1.86. The summed E-state index contributed by atoms with van der Waals surface area (Å²) in [6.07, 6.45) is 4.88. The Bertz CT molecular complexity index is 283. The number of aromatic nitrogens is 1. The van der Waals surface area contributed by atoms with E-state index in [1.165, 1.54) is 19.3 Å². The lowest BCUT2D eigenvalue weighted by molar-refractivity contribution is 0.366. The molecule has 0 fully saturated rings. The molecule has 15 heavy (non-hydrogen) atoms. The Morgan fingerprint density at radius 2 is 2.20 bits per heavy atom. The summed E-state index contributed by atoms with van der Waals surface area (Å²) >= 11 is 0. The molecule has 0 aliphatic carbocycles. The van der Waals surface area contributed by atoms with E-state index in [1.807, 2.05) is 6.07 Å². The monoisotopic (exact) mass is 210 g/mol. The Morgan fingerprint density at radius 3 is 2.67 bits per heavy atom. The zero-order valence-corrected chi connectivity index (χ0v) is 9.99. The maximum Gasteiger partial charge on any atom is 0.222 e. The molecule has 1 unspecified atom stereocenters. The van der Waals surface area contributed by atoms with E-state index in [2.05, 4.69) is 25.9 Å². The third kappa shape index (κ3) is 3.26. The Hall–Kier alpha value is -0.990. The van der Waals surface area contributed by atoms with Crippen molar-refractivity contribution in [1.29, 1.82) is 0 Å². The highest BCUT2D eigenvalue weighted by molar-refractivity contribution is 5.26. The first-order valence-corrected chi connectivity index (χ1v) is 5.91. The van der Waals surface area contributed by atoms with Crippen molar-refractivity contribution in [2.24, 2.45) is 5.92 Å². The minimum Gasteiger partial charge on any atom is -0.368 e. The van der Waals surface area contributed by atoms with Gasteiger partial charge >= 0.3 is 0 Å². The van der Waals surface area contributed by atoms with Crippen molar-refractivity contribution in [3.05, 3.63) is 11.8 Å². The van der Waals surface area contributed by atoms with E-state index in [1.54, 1.807) is 0 Å². The largest absolute Gasteiger partial charge is 0.368 e. The lowest BCUT2D eigenvalue weighted by Crippen LogP contribution is -2.09. The predicted octanol–water partition coefficient (Wildman–Crippen LogP) is 3.58. The number of anilines is 1. The summed E-state index contributed by atoms with van der Waals surface area (Å²) < 4.78 is 4.93. The number of unbranched alkanes of at least 4 members (excludes halogenated alkanes) is 1. The maximum absolute atomic E-state index is 5.54. The SMILES string of the molecule is CCCCC(C)[C@@H](CC)c1cc(N)on1.